The summed E-state index contributed by atoms with van der Waals surface area (Å²) < 4.78 is 5.32. The zero-order valence-corrected chi connectivity index (χ0v) is 12.1. The van der Waals surface area contributed by atoms with E-state index < -0.39 is 0 Å². The van der Waals surface area contributed by atoms with Gasteiger partial charge in [-0.25, -0.2) is 4.99 Å². The van der Waals surface area contributed by atoms with E-state index in [1.807, 2.05) is 18.0 Å². The van der Waals surface area contributed by atoms with Gasteiger partial charge >= 0.3 is 0 Å². The molecule has 0 amide bonds. The molecule has 0 bridgehead atoms. The number of guanidine groups is 1. The highest BCUT2D eigenvalue weighted by atomic mass is 16.5. The Morgan fingerprint density at radius 1 is 1.53 bits per heavy atom. The summed E-state index contributed by atoms with van der Waals surface area (Å²) in [5.41, 5.74) is 6.97. The lowest BCUT2D eigenvalue weighted by Gasteiger charge is -2.16. The molecule has 2 rings (SSSR count). The molecule has 1 heterocycles. The van der Waals surface area contributed by atoms with Crippen molar-refractivity contribution in [1.29, 1.82) is 0 Å². The minimum atomic E-state index is 0.468. The van der Waals surface area contributed by atoms with Gasteiger partial charge < -0.3 is 15.2 Å². The molecule has 0 saturated heterocycles. The number of nitrogens with two attached hydrogens (primary N) is 1. The maximum atomic E-state index is 5.94. The topological polar surface area (TPSA) is 67.7 Å². The highest BCUT2D eigenvalue weighted by molar-refractivity contribution is 5.78. The molecule has 1 saturated carbocycles. The van der Waals surface area contributed by atoms with Crippen LogP contribution in [0.4, 0.5) is 0 Å². The predicted octanol–water partition coefficient (Wildman–Crippen LogP) is 2.49. The lowest BCUT2D eigenvalue weighted by molar-refractivity contribution is 0.371. The summed E-state index contributed by atoms with van der Waals surface area (Å²) in [4.78, 5) is 6.41. The Morgan fingerprint density at radius 2 is 2.21 bits per heavy atom. The van der Waals surface area contributed by atoms with Gasteiger partial charge in [0.25, 0.3) is 0 Å². The standard InChI is InChI=1S/C14H24N4O/c1-4-10(5-2)13-8-12(19-17-13)9-16-14(15)18(3)11-6-7-11/h8,10-11H,4-7,9H2,1-3H3,(H2,15,16). The van der Waals surface area contributed by atoms with Gasteiger partial charge in [0.15, 0.2) is 11.7 Å². The summed E-state index contributed by atoms with van der Waals surface area (Å²) in [5.74, 6) is 1.85. The fourth-order valence-electron chi connectivity index (χ4n) is 2.22. The van der Waals surface area contributed by atoms with Crippen LogP contribution in [0.25, 0.3) is 0 Å². The third-order valence-electron chi connectivity index (χ3n) is 3.83. The largest absolute Gasteiger partial charge is 0.370 e. The van der Waals surface area contributed by atoms with Crippen molar-refractivity contribution in [3.05, 3.63) is 17.5 Å². The van der Waals surface area contributed by atoms with Crippen molar-refractivity contribution in [3.63, 3.8) is 0 Å². The van der Waals surface area contributed by atoms with E-state index >= 15 is 0 Å². The molecule has 106 valence electrons. The Bertz CT molecular complexity index is 432. The third kappa shape index (κ3) is 3.49. The molecule has 5 nitrogen and oxygen atoms in total. The SMILES string of the molecule is CCC(CC)c1cc(CN=C(N)N(C)C2CC2)on1. The first kappa shape index (κ1) is 13.9. The fraction of sp³-hybridized carbons (Fsp3) is 0.714. The van der Waals surface area contributed by atoms with Crippen molar-refractivity contribution in [1.82, 2.24) is 10.1 Å². The first-order valence-corrected chi connectivity index (χ1v) is 7.13. The van der Waals surface area contributed by atoms with Crippen LogP contribution in [-0.2, 0) is 6.54 Å². The van der Waals surface area contributed by atoms with Crippen LogP contribution in [0.2, 0.25) is 0 Å². The molecule has 2 N–H and O–H groups in total. The number of rotatable bonds is 6. The molecule has 0 radical (unpaired) electrons. The van der Waals surface area contributed by atoms with E-state index in [1.54, 1.807) is 0 Å². The number of aliphatic imine (C=N–C) groups is 1. The van der Waals surface area contributed by atoms with Crippen LogP contribution >= 0.6 is 0 Å². The quantitative estimate of drug-likeness (QED) is 0.633. The summed E-state index contributed by atoms with van der Waals surface area (Å²) in [6, 6.07) is 2.59. The van der Waals surface area contributed by atoms with Crippen LogP contribution in [0.3, 0.4) is 0 Å². The number of nitrogens with zero attached hydrogens (tertiary/aromatic N) is 3. The van der Waals surface area contributed by atoms with Crippen molar-refractivity contribution >= 4 is 5.96 Å². The summed E-state index contributed by atoms with van der Waals surface area (Å²) in [7, 11) is 1.99. The van der Waals surface area contributed by atoms with Crippen LogP contribution in [0.15, 0.2) is 15.6 Å². The van der Waals surface area contributed by atoms with Crippen molar-refractivity contribution < 1.29 is 4.52 Å². The Balaban J connectivity index is 1.94. The number of hydrogen-bond acceptors (Lipinski definition) is 3. The predicted molar refractivity (Wildman–Crippen MR) is 75.9 cm³/mol. The Hall–Kier alpha value is -1.52. The van der Waals surface area contributed by atoms with Crippen molar-refractivity contribution in [3.8, 4) is 0 Å². The number of hydrogen-bond donors (Lipinski definition) is 1. The molecule has 0 spiro atoms. The van der Waals surface area contributed by atoms with Gasteiger partial charge in [-0.1, -0.05) is 19.0 Å². The van der Waals surface area contributed by atoms with Gasteiger partial charge in [-0.3, -0.25) is 0 Å². The molecule has 0 aliphatic heterocycles. The highest BCUT2D eigenvalue weighted by Crippen LogP contribution is 2.25. The molecule has 1 aromatic heterocycles. The second-order valence-corrected chi connectivity index (χ2v) is 5.25. The minimum Gasteiger partial charge on any atom is -0.370 e. The number of aromatic nitrogens is 1. The molecule has 0 atom stereocenters. The third-order valence-corrected chi connectivity index (χ3v) is 3.83. The maximum Gasteiger partial charge on any atom is 0.191 e. The van der Waals surface area contributed by atoms with E-state index in [-0.39, 0.29) is 0 Å². The Morgan fingerprint density at radius 3 is 2.79 bits per heavy atom. The van der Waals surface area contributed by atoms with Gasteiger partial charge in [0.1, 0.15) is 6.54 Å². The fourth-order valence-corrected chi connectivity index (χ4v) is 2.22. The first-order chi connectivity index (χ1) is 9.15. The molecular formula is C14H24N4O. The Labute approximate surface area is 114 Å². The maximum absolute atomic E-state index is 5.94. The van der Waals surface area contributed by atoms with E-state index in [2.05, 4.69) is 24.0 Å². The Kier molecular flexibility index (Phi) is 4.45. The molecule has 0 unspecified atom stereocenters. The molecule has 5 heteroatoms. The van der Waals surface area contributed by atoms with Crippen LogP contribution in [0.5, 0.6) is 0 Å². The molecule has 19 heavy (non-hydrogen) atoms. The van der Waals surface area contributed by atoms with Crippen molar-refractivity contribution in [2.45, 2.75) is 58.0 Å². The van der Waals surface area contributed by atoms with Gasteiger partial charge in [-0.15, -0.1) is 0 Å². The van der Waals surface area contributed by atoms with Crippen LogP contribution in [0, 0.1) is 0 Å². The molecule has 0 aromatic carbocycles. The minimum absolute atomic E-state index is 0.468. The summed E-state index contributed by atoms with van der Waals surface area (Å²) in [6.07, 6.45) is 4.60. The van der Waals surface area contributed by atoms with Gasteiger partial charge in [-0.2, -0.15) is 0 Å². The highest BCUT2D eigenvalue weighted by Gasteiger charge is 2.27. The van der Waals surface area contributed by atoms with Crippen LogP contribution in [-0.4, -0.2) is 29.1 Å². The summed E-state index contributed by atoms with van der Waals surface area (Å²) in [5, 5.41) is 4.13. The first-order valence-electron chi connectivity index (χ1n) is 7.13. The van der Waals surface area contributed by atoms with Gasteiger partial charge in [-0.05, 0) is 25.7 Å². The van der Waals surface area contributed by atoms with Gasteiger partial charge in [0.05, 0.1) is 5.69 Å². The van der Waals surface area contributed by atoms with E-state index in [9.17, 15) is 0 Å². The molecular weight excluding hydrogens is 240 g/mol. The van der Waals surface area contributed by atoms with E-state index in [4.69, 9.17) is 10.3 Å². The van der Waals surface area contributed by atoms with Crippen molar-refractivity contribution in [2.75, 3.05) is 7.05 Å². The lowest BCUT2D eigenvalue weighted by atomic mass is 9.99. The average molecular weight is 264 g/mol. The smallest absolute Gasteiger partial charge is 0.191 e. The molecule has 1 fully saturated rings. The summed E-state index contributed by atoms with van der Waals surface area (Å²) in [6.45, 7) is 4.81. The molecule has 1 aliphatic rings. The molecule has 1 aromatic rings. The average Bonchev–Trinajstić information content (AvgIpc) is 3.17. The zero-order valence-electron chi connectivity index (χ0n) is 12.1. The monoisotopic (exact) mass is 264 g/mol. The van der Waals surface area contributed by atoms with Crippen LogP contribution in [0.1, 0.15) is 56.9 Å². The second-order valence-electron chi connectivity index (χ2n) is 5.25. The van der Waals surface area contributed by atoms with E-state index in [0.717, 1.165) is 24.3 Å². The normalized spacial score (nSPS) is 16.1. The second kappa shape index (κ2) is 6.08. The van der Waals surface area contributed by atoms with Crippen LogP contribution < -0.4 is 5.73 Å². The zero-order chi connectivity index (χ0) is 13.8. The van der Waals surface area contributed by atoms with E-state index in [0.29, 0.717) is 24.5 Å². The van der Waals surface area contributed by atoms with Gasteiger partial charge in [0, 0.05) is 25.1 Å². The lowest BCUT2D eigenvalue weighted by Crippen LogP contribution is -2.35. The summed E-state index contributed by atoms with van der Waals surface area (Å²) >= 11 is 0. The van der Waals surface area contributed by atoms with Crippen molar-refractivity contribution in [2.24, 2.45) is 10.7 Å². The van der Waals surface area contributed by atoms with Gasteiger partial charge in [0.2, 0.25) is 0 Å². The van der Waals surface area contributed by atoms with E-state index in [1.165, 1.54) is 12.8 Å². The molecule has 1 aliphatic carbocycles.